The van der Waals surface area contributed by atoms with Crippen molar-refractivity contribution in [3.63, 3.8) is 0 Å². The minimum Gasteiger partial charge on any atom is -0.447 e. The van der Waals surface area contributed by atoms with E-state index >= 15 is 0 Å². The average Bonchev–Trinajstić information content (AvgIpc) is 3.44. The van der Waals surface area contributed by atoms with Gasteiger partial charge in [-0.05, 0) is 23.1 Å². The molecule has 3 aromatic rings. The normalized spacial score (nSPS) is 23.0. The number of ether oxygens (including phenoxy) is 1. The van der Waals surface area contributed by atoms with Crippen LogP contribution in [-0.2, 0) is 22.5 Å². The second-order valence-electron chi connectivity index (χ2n) is 8.93. The van der Waals surface area contributed by atoms with E-state index in [1.54, 1.807) is 0 Å². The zero-order valence-electron chi connectivity index (χ0n) is 18.5. The lowest BCUT2D eigenvalue weighted by Gasteiger charge is -2.26. The number of rotatable bonds is 6. The van der Waals surface area contributed by atoms with Crippen LogP contribution < -0.4 is 0 Å². The third-order valence-corrected chi connectivity index (χ3v) is 6.70. The van der Waals surface area contributed by atoms with E-state index in [1.165, 1.54) is 10.5 Å². The van der Waals surface area contributed by atoms with Gasteiger partial charge in [-0.3, -0.25) is 9.69 Å². The van der Waals surface area contributed by atoms with Gasteiger partial charge in [-0.2, -0.15) is 0 Å². The van der Waals surface area contributed by atoms with Gasteiger partial charge in [0.1, 0.15) is 6.61 Å². The highest BCUT2D eigenvalue weighted by Gasteiger charge is 2.46. The smallest absolute Gasteiger partial charge is 0.416 e. The zero-order valence-corrected chi connectivity index (χ0v) is 18.5. The average molecular weight is 441 g/mol. The summed E-state index contributed by atoms with van der Waals surface area (Å²) >= 11 is 0. The van der Waals surface area contributed by atoms with Crippen LogP contribution in [0.2, 0.25) is 0 Å². The van der Waals surface area contributed by atoms with Gasteiger partial charge in [0.15, 0.2) is 0 Å². The molecule has 2 heterocycles. The fourth-order valence-corrected chi connectivity index (χ4v) is 5.09. The Morgan fingerprint density at radius 2 is 1.42 bits per heavy atom. The van der Waals surface area contributed by atoms with Crippen LogP contribution >= 0.6 is 0 Å². The Morgan fingerprint density at radius 3 is 2.09 bits per heavy atom. The molecule has 3 atom stereocenters. The van der Waals surface area contributed by atoms with Crippen molar-refractivity contribution in [3.8, 4) is 0 Å². The lowest BCUT2D eigenvalue weighted by atomic mass is 9.87. The van der Waals surface area contributed by atoms with Gasteiger partial charge in [0, 0.05) is 25.6 Å². The molecule has 0 unspecified atom stereocenters. The maximum atomic E-state index is 13.8. The van der Waals surface area contributed by atoms with Gasteiger partial charge >= 0.3 is 6.09 Å². The van der Waals surface area contributed by atoms with Crippen LogP contribution in [0.15, 0.2) is 91.0 Å². The maximum Gasteiger partial charge on any atom is 0.416 e. The van der Waals surface area contributed by atoms with Crippen molar-refractivity contribution in [1.82, 2.24) is 9.80 Å². The van der Waals surface area contributed by atoms with Crippen molar-refractivity contribution < 1.29 is 14.3 Å². The topological polar surface area (TPSA) is 49.9 Å². The molecule has 33 heavy (non-hydrogen) atoms. The third-order valence-electron chi connectivity index (χ3n) is 6.70. The van der Waals surface area contributed by atoms with E-state index in [1.807, 2.05) is 66.7 Å². The molecule has 0 saturated carbocycles. The Hall–Kier alpha value is -3.44. The quantitative estimate of drug-likeness (QED) is 0.567. The summed E-state index contributed by atoms with van der Waals surface area (Å²) < 4.78 is 5.35. The molecule has 2 fully saturated rings. The van der Waals surface area contributed by atoms with E-state index in [4.69, 9.17) is 4.74 Å². The molecular weight excluding hydrogens is 412 g/mol. The monoisotopic (exact) mass is 440 g/mol. The van der Waals surface area contributed by atoms with Crippen LogP contribution in [0.3, 0.4) is 0 Å². The first-order chi connectivity index (χ1) is 16.2. The second-order valence-corrected chi connectivity index (χ2v) is 8.93. The van der Waals surface area contributed by atoms with Gasteiger partial charge in [-0.1, -0.05) is 91.0 Å². The Balaban J connectivity index is 1.39. The van der Waals surface area contributed by atoms with E-state index in [-0.39, 0.29) is 30.4 Å². The number of cyclic esters (lactones) is 1. The van der Waals surface area contributed by atoms with Crippen molar-refractivity contribution >= 4 is 12.0 Å². The summed E-state index contributed by atoms with van der Waals surface area (Å²) in [4.78, 5) is 30.2. The number of carbonyl (C=O) groups is 2. The van der Waals surface area contributed by atoms with Crippen molar-refractivity contribution in [1.29, 1.82) is 0 Å². The molecule has 3 aromatic carbocycles. The number of amides is 2. The largest absolute Gasteiger partial charge is 0.447 e. The van der Waals surface area contributed by atoms with Crippen LogP contribution in [-0.4, -0.2) is 47.5 Å². The van der Waals surface area contributed by atoms with Crippen molar-refractivity contribution in [2.75, 3.05) is 19.7 Å². The van der Waals surface area contributed by atoms with Gasteiger partial charge in [-0.15, -0.1) is 0 Å². The van der Waals surface area contributed by atoms with Crippen LogP contribution in [0.1, 0.15) is 22.6 Å². The SMILES string of the molecule is O=C1OC[C@H](Cc2ccccc2)N1C(=O)[C@@H]1CN(Cc2ccccc2)C[C@@H]1c1ccccc1. The Bertz CT molecular complexity index is 1090. The first-order valence-electron chi connectivity index (χ1n) is 11.5. The minimum atomic E-state index is -0.519. The number of imide groups is 1. The van der Waals surface area contributed by atoms with Gasteiger partial charge < -0.3 is 4.74 Å². The summed E-state index contributed by atoms with van der Waals surface area (Å²) in [5.74, 6) is -0.379. The second kappa shape index (κ2) is 9.59. The highest BCUT2D eigenvalue weighted by molar-refractivity contribution is 5.95. The molecule has 0 N–H and O–H groups in total. The molecule has 168 valence electrons. The first-order valence-corrected chi connectivity index (χ1v) is 11.5. The van der Waals surface area contributed by atoms with Crippen molar-refractivity contribution in [3.05, 3.63) is 108 Å². The van der Waals surface area contributed by atoms with Crippen LogP contribution in [0, 0.1) is 5.92 Å². The van der Waals surface area contributed by atoms with Crippen LogP contribution in [0.25, 0.3) is 0 Å². The standard InChI is InChI=1S/C28H28N2O3/c31-27(30-24(20-33-28(30)32)16-21-10-4-1-5-11-21)26-19-29(17-22-12-6-2-7-13-22)18-25(26)23-14-8-3-9-15-23/h1-15,24-26H,16-20H2/t24-,25+,26+/m0/s1. The van der Waals surface area contributed by atoms with E-state index in [0.717, 1.165) is 24.2 Å². The van der Waals surface area contributed by atoms with Crippen molar-refractivity contribution in [2.24, 2.45) is 5.92 Å². The molecule has 2 aliphatic heterocycles. The van der Waals surface area contributed by atoms with Gasteiger partial charge in [0.05, 0.1) is 12.0 Å². The van der Waals surface area contributed by atoms with E-state index in [2.05, 4.69) is 29.2 Å². The molecule has 5 rings (SSSR count). The number of nitrogens with zero attached hydrogens (tertiary/aromatic N) is 2. The lowest BCUT2D eigenvalue weighted by Crippen LogP contribution is -2.45. The molecule has 0 aliphatic carbocycles. The summed E-state index contributed by atoms with van der Waals surface area (Å²) in [7, 11) is 0. The minimum absolute atomic E-state index is 0.0354. The molecular formula is C28H28N2O3. The fourth-order valence-electron chi connectivity index (χ4n) is 5.09. The molecule has 5 heteroatoms. The summed E-state index contributed by atoms with van der Waals surface area (Å²) in [5, 5.41) is 0. The first kappa shape index (κ1) is 21.4. The predicted octanol–water partition coefficient (Wildman–Crippen LogP) is 4.49. The van der Waals surface area contributed by atoms with Gasteiger partial charge in [0.2, 0.25) is 5.91 Å². The Labute approximate surface area is 194 Å². The molecule has 5 nitrogen and oxygen atoms in total. The maximum absolute atomic E-state index is 13.8. The number of hydrogen-bond acceptors (Lipinski definition) is 4. The summed E-state index contributed by atoms with van der Waals surface area (Å²) in [6, 6.07) is 30.2. The van der Waals surface area contributed by atoms with Crippen molar-refractivity contribution in [2.45, 2.75) is 24.9 Å². The van der Waals surface area contributed by atoms with E-state index in [0.29, 0.717) is 13.0 Å². The van der Waals surface area contributed by atoms with E-state index < -0.39 is 6.09 Å². The van der Waals surface area contributed by atoms with E-state index in [9.17, 15) is 9.59 Å². The molecule has 2 amide bonds. The third kappa shape index (κ3) is 4.69. The number of likely N-dealkylation sites (tertiary alicyclic amines) is 1. The van der Waals surface area contributed by atoms with Crippen LogP contribution in [0.5, 0.6) is 0 Å². The molecule has 2 saturated heterocycles. The fraction of sp³-hybridized carbons (Fsp3) is 0.286. The predicted molar refractivity (Wildman–Crippen MR) is 127 cm³/mol. The Kier molecular flexibility index (Phi) is 6.22. The Morgan fingerprint density at radius 1 is 0.818 bits per heavy atom. The summed E-state index contributed by atoms with van der Waals surface area (Å²) in [6.45, 7) is 2.43. The highest BCUT2D eigenvalue weighted by Crippen LogP contribution is 2.36. The molecule has 0 bridgehead atoms. The molecule has 2 aliphatic rings. The zero-order chi connectivity index (χ0) is 22.6. The number of benzene rings is 3. The highest BCUT2D eigenvalue weighted by atomic mass is 16.6. The summed E-state index contributed by atoms with van der Waals surface area (Å²) in [6.07, 6.45) is 0.0867. The number of hydrogen-bond donors (Lipinski definition) is 0. The molecule has 0 aromatic heterocycles. The summed E-state index contributed by atoms with van der Waals surface area (Å²) in [5.41, 5.74) is 3.45. The lowest BCUT2D eigenvalue weighted by molar-refractivity contribution is -0.133. The van der Waals surface area contributed by atoms with Crippen LogP contribution in [0.4, 0.5) is 4.79 Å². The molecule has 0 radical (unpaired) electrons. The number of carbonyl (C=O) groups excluding carboxylic acids is 2. The van der Waals surface area contributed by atoms with Gasteiger partial charge in [0.25, 0.3) is 0 Å². The molecule has 0 spiro atoms. The van der Waals surface area contributed by atoms with Gasteiger partial charge in [-0.25, -0.2) is 9.69 Å².